The second-order valence-electron chi connectivity index (χ2n) is 6.39. The molecule has 0 radical (unpaired) electrons. The number of nitrogens with one attached hydrogen (secondary N) is 1. The number of anilines is 1. The zero-order chi connectivity index (χ0) is 17.5. The van der Waals surface area contributed by atoms with E-state index in [1.807, 2.05) is 31.2 Å². The number of piperidine rings is 1. The monoisotopic (exact) mass is 338 g/mol. The molecule has 1 aromatic carbocycles. The molecule has 1 aromatic heterocycles. The van der Waals surface area contributed by atoms with Crippen molar-refractivity contribution in [3.05, 3.63) is 53.7 Å². The van der Waals surface area contributed by atoms with E-state index in [4.69, 9.17) is 4.74 Å². The molecule has 2 aromatic rings. The van der Waals surface area contributed by atoms with Gasteiger partial charge in [0.05, 0.1) is 12.8 Å². The Morgan fingerprint density at radius 2 is 2.04 bits per heavy atom. The van der Waals surface area contributed by atoms with Crippen LogP contribution >= 0.6 is 0 Å². The van der Waals surface area contributed by atoms with E-state index in [1.165, 1.54) is 37.9 Å². The fraction of sp³-hybridized carbons (Fsp3) is 0.400. The quantitative estimate of drug-likeness (QED) is 0.641. The second-order valence-corrected chi connectivity index (χ2v) is 6.39. The van der Waals surface area contributed by atoms with Crippen molar-refractivity contribution in [3.8, 4) is 5.75 Å². The summed E-state index contributed by atoms with van der Waals surface area (Å²) in [5.41, 5.74) is 6.24. The number of hydrogen-bond acceptors (Lipinski definition) is 5. The lowest BCUT2D eigenvalue weighted by atomic mass is 10.0. The van der Waals surface area contributed by atoms with Crippen LogP contribution in [0, 0.1) is 0 Å². The van der Waals surface area contributed by atoms with Crippen LogP contribution in [0.4, 0.5) is 5.82 Å². The predicted molar refractivity (Wildman–Crippen MR) is 102 cm³/mol. The molecule has 0 spiro atoms. The first-order valence-electron chi connectivity index (χ1n) is 8.87. The van der Waals surface area contributed by atoms with E-state index in [0.29, 0.717) is 0 Å². The van der Waals surface area contributed by atoms with Gasteiger partial charge in [-0.15, -0.1) is 0 Å². The topological polar surface area (TPSA) is 49.8 Å². The zero-order valence-corrected chi connectivity index (χ0v) is 15.0. The van der Waals surface area contributed by atoms with Gasteiger partial charge in [0, 0.05) is 18.3 Å². The van der Waals surface area contributed by atoms with E-state index in [9.17, 15) is 0 Å². The van der Waals surface area contributed by atoms with Crippen LogP contribution < -0.4 is 10.2 Å². The maximum absolute atomic E-state index is 5.56. The molecule has 0 saturated carbocycles. The summed E-state index contributed by atoms with van der Waals surface area (Å²) in [7, 11) is 1.73. The summed E-state index contributed by atoms with van der Waals surface area (Å²) in [5, 5.41) is 4.46. The van der Waals surface area contributed by atoms with Gasteiger partial charge in [-0.2, -0.15) is 5.10 Å². The summed E-state index contributed by atoms with van der Waals surface area (Å²) < 4.78 is 5.56. The number of ether oxygens (including phenoxy) is 1. The van der Waals surface area contributed by atoms with Gasteiger partial charge in [-0.25, -0.2) is 4.98 Å². The Labute approximate surface area is 149 Å². The fourth-order valence-corrected chi connectivity index (χ4v) is 3.12. The second kappa shape index (κ2) is 8.62. The molecular weight excluding hydrogens is 312 g/mol. The molecule has 1 aliphatic rings. The third-order valence-electron chi connectivity index (χ3n) is 4.54. The number of hydrogen-bond donors (Lipinski definition) is 1. The Balaban J connectivity index is 1.75. The van der Waals surface area contributed by atoms with Crippen molar-refractivity contribution in [1.29, 1.82) is 0 Å². The van der Waals surface area contributed by atoms with Gasteiger partial charge >= 0.3 is 0 Å². The molecule has 5 heteroatoms. The van der Waals surface area contributed by atoms with Crippen LogP contribution in [0.1, 0.15) is 37.3 Å². The van der Waals surface area contributed by atoms with Crippen LogP contribution in [0.3, 0.4) is 0 Å². The van der Waals surface area contributed by atoms with Crippen LogP contribution in [-0.4, -0.2) is 35.8 Å². The van der Waals surface area contributed by atoms with Gasteiger partial charge in [0.25, 0.3) is 0 Å². The van der Waals surface area contributed by atoms with Crippen molar-refractivity contribution in [3.63, 3.8) is 0 Å². The number of rotatable bonds is 6. The first-order chi connectivity index (χ1) is 12.3. The predicted octanol–water partition coefficient (Wildman–Crippen LogP) is 3.91. The molecule has 1 saturated heterocycles. The average molecular weight is 338 g/mol. The Kier molecular flexibility index (Phi) is 6.01. The molecule has 0 bridgehead atoms. The lowest BCUT2D eigenvalue weighted by Gasteiger charge is -2.27. The van der Waals surface area contributed by atoms with Crippen LogP contribution in [-0.2, 0) is 6.54 Å². The Morgan fingerprint density at radius 3 is 2.76 bits per heavy atom. The molecule has 0 aliphatic carbocycles. The van der Waals surface area contributed by atoms with E-state index >= 15 is 0 Å². The lowest BCUT2D eigenvalue weighted by molar-refractivity contribution is 0.218. The maximum Gasteiger partial charge on any atom is 0.146 e. The van der Waals surface area contributed by atoms with Crippen LogP contribution in [0.25, 0.3) is 0 Å². The van der Waals surface area contributed by atoms with Gasteiger partial charge < -0.3 is 4.74 Å². The average Bonchev–Trinajstić information content (AvgIpc) is 2.67. The zero-order valence-electron chi connectivity index (χ0n) is 15.0. The number of aromatic nitrogens is 1. The first-order valence-corrected chi connectivity index (χ1v) is 8.87. The third-order valence-corrected chi connectivity index (χ3v) is 4.54. The van der Waals surface area contributed by atoms with Gasteiger partial charge in [0.15, 0.2) is 0 Å². The summed E-state index contributed by atoms with van der Waals surface area (Å²) in [5.74, 6) is 1.68. The molecule has 0 unspecified atom stereocenters. The van der Waals surface area contributed by atoms with E-state index in [2.05, 4.69) is 32.5 Å². The minimum absolute atomic E-state index is 0.740. The van der Waals surface area contributed by atoms with Crippen LogP contribution in [0.15, 0.2) is 47.7 Å². The SMILES string of the molecule is COc1ccc(/C(C)=N\Nc2ccccn2)cc1CN1CCCCC1. The Morgan fingerprint density at radius 1 is 1.20 bits per heavy atom. The standard InChI is InChI=1S/C20H26N4O/c1-16(22-23-20-8-4-5-11-21-20)17-9-10-19(25-2)18(14-17)15-24-12-6-3-7-13-24/h4-5,8-11,14H,3,6-7,12-13,15H2,1-2H3,(H,21,23)/b22-16-. The van der Waals surface area contributed by atoms with Gasteiger partial charge in [0.2, 0.25) is 0 Å². The third kappa shape index (κ3) is 4.79. The van der Waals surface area contributed by atoms with Crippen LogP contribution in [0.2, 0.25) is 0 Å². The molecule has 25 heavy (non-hydrogen) atoms. The number of likely N-dealkylation sites (tertiary alicyclic amines) is 1. The van der Waals surface area contributed by atoms with Crippen molar-refractivity contribution < 1.29 is 4.74 Å². The van der Waals surface area contributed by atoms with Crippen molar-refractivity contribution in [2.24, 2.45) is 5.10 Å². The van der Waals surface area contributed by atoms with Crippen molar-refractivity contribution >= 4 is 11.5 Å². The number of nitrogens with zero attached hydrogens (tertiary/aromatic N) is 3. The highest BCUT2D eigenvalue weighted by Gasteiger charge is 2.14. The summed E-state index contributed by atoms with van der Waals surface area (Å²) >= 11 is 0. The molecule has 3 rings (SSSR count). The molecule has 1 N–H and O–H groups in total. The normalized spacial score (nSPS) is 15.8. The van der Waals surface area contributed by atoms with Crippen molar-refractivity contribution in [2.45, 2.75) is 32.7 Å². The Bertz CT molecular complexity index is 709. The number of pyridine rings is 1. The minimum Gasteiger partial charge on any atom is -0.496 e. The molecule has 132 valence electrons. The number of benzene rings is 1. The molecule has 1 fully saturated rings. The smallest absolute Gasteiger partial charge is 0.146 e. The summed E-state index contributed by atoms with van der Waals surface area (Å²) in [4.78, 5) is 6.73. The molecule has 0 atom stereocenters. The molecule has 1 aliphatic heterocycles. The number of methoxy groups -OCH3 is 1. The lowest BCUT2D eigenvalue weighted by Crippen LogP contribution is -2.29. The highest BCUT2D eigenvalue weighted by Crippen LogP contribution is 2.23. The van der Waals surface area contributed by atoms with E-state index < -0.39 is 0 Å². The minimum atomic E-state index is 0.740. The molecular formula is C20H26N4O. The maximum atomic E-state index is 5.56. The Hall–Kier alpha value is -2.40. The fourth-order valence-electron chi connectivity index (χ4n) is 3.12. The van der Waals surface area contributed by atoms with Crippen LogP contribution in [0.5, 0.6) is 5.75 Å². The highest BCUT2D eigenvalue weighted by atomic mass is 16.5. The van der Waals surface area contributed by atoms with E-state index in [1.54, 1.807) is 13.3 Å². The largest absolute Gasteiger partial charge is 0.496 e. The summed E-state index contributed by atoms with van der Waals surface area (Å²) in [6.45, 7) is 5.27. The van der Waals surface area contributed by atoms with Gasteiger partial charge in [-0.05, 0) is 68.8 Å². The van der Waals surface area contributed by atoms with Gasteiger partial charge in [0.1, 0.15) is 11.6 Å². The summed E-state index contributed by atoms with van der Waals surface area (Å²) in [6.07, 6.45) is 5.67. The van der Waals surface area contributed by atoms with Crippen molar-refractivity contribution in [1.82, 2.24) is 9.88 Å². The number of hydrazone groups is 1. The first kappa shape index (κ1) is 17.4. The highest BCUT2D eigenvalue weighted by molar-refractivity contribution is 5.99. The van der Waals surface area contributed by atoms with E-state index in [0.717, 1.165) is 29.4 Å². The molecule has 0 amide bonds. The molecule has 2 heterocycles. The molecule has 5 nitrogen and oxygen atoms in total. The van der Waals surface area contributed by atoms with Gasteiger partial charge in [-0.3, -0.25) is 10.3 Å². The van der Waals surface area contributed by atoms with Gasteiger partial charge in [-0.1, -0.05) is 12.5 Å². The van der Waals surface area contributed by atoms with Crippen molar-refractivity contribution in [2.75, 3.05) is 25.6 Å². The summed E-state index contributed by atoms with van der Waals surface area (Å²) in [6, 6.07) is 12.0. The van der Waals surface area contributed by atoms with E-state index in [-0.39, 0.29) is 0 Å².